The topological polar surface area (TPSA) is 81.3 Å². The normalized spacial score (nSPS) is 12.0. The number of rotatable bonds is 4. The molecule has 116 valence electrons. The van der Waals surface area contributed by atoms with Crippen LogP contribution in [0.15, 0.2) is 30.3 Å². The molecule has 0 unspecified atom stereocenters. The highest BCUT2D eigenvalue weighted by molar-refractivity contribution is 5.95. The summed E-state index contributed by atoms with van der Waals surface area (Å²) in [7, 11) is 1.67. The smallest absolute Gasteiger partial charge is 0.312 e. The Morgan fingerprint density at radius 3 is 2.41 bits per heavy atom. The number of para-hydroxylation sites is 1. The number of aromatic nitrogens is 2. The molecule has 0 aliphatic carbocycles. The van der Waals surface area contributed by atoms with Crippen LogP contribution in [0.3, 0.4) is 0 Å². The summed E-state index contributed by atoms with van der Waals surface area (Å²) in [6.45, 7) is 4.86. The maximum absolute atomic E-state index is 12.6. The van der Waals surface area contributed by atoms with Gasteiger partial charge in [0, 0.05) is 12.7 Å². The molecule has 0 fully saturated rings. The Balaban J connectivity index is 2.32. The standard InChI is InChI=1S/C15H18N4O3/c1-10-14(19(21)22)11(2)18(16-10)12(3)15(20)17(4)13-8-6-5-7-9-13/h5-9,12H,1-4H3/t12-/m1/s1. The van der Waals surface area contributed by atoms with Gasteiger partial charge in [0.1, 0.15) is 17.4 Å². The van der Waals surface area contributed by atoms with Gasteiger partial charge in [-0.05, 0) is 32.9 Å². The number of aryl methyl sites for hydroxylation is 1. The third-order valence-corrected chi connectivity index (χ3v) is 3.67. The largest absolute Gasteiger partial charge is 0.314 e. The number of hydrogen-bond donors (Lipinski definition) is 0. The van der Waals surface area contributed by atoms with E-state index in [9.17, 15) is 14.9 Å². The van der Waals surface area contributed by atoms with Crippen LogP contribution in [0.2, 0.25) is 0 Å². The molecule has 0 radical (unpaired) electrons. The highest BCUT2D eigenvalue weighted by atomic mass is 16.6. The van der Waals surface area contributed by atoms with Crippen molar-refractivity contribution in [2.75, 3.05) is 11.9 Å². The first kappa shape index (κ1) is 15.7. The van der Waals surface area contributed by atoms with Gasteiger partial charge in [0.05, 0.1) is 4.92 Å². The maximum Gasteiger partial charge on any atom is 0.312 e. The number of carbonyl (C=O) groups excluding carboxylic acids is 1. The summed E-state index contributed by atoms with van der Waals surface area (Å²) in [5.41, 5.74) is 1.41. The quantitative estimate of drug-likeness (QED) is 0.642. The van der Waals surface area contributed by atoms with E-state index in [1.165, 1.54) is 9.58 Å². The van der Waals surface area contributed by atoms with E-state index < -0.39 is 11.0 Å². The molecule has 1 heterocycles. The molecule has 0 aliphatic heterocycles. The molecule has 2 rings (SSSR count). The van der Waals surface area contributed by atoms with Gasteiger partial charge in [-0.3, -0.25) is 19.6 Å². The Morgan fingerprint density at radius 1 is 1.32 bits per heavy atom. The third-order valence-electron chi connectivity index (χ3n) is 3.67. The van der Waals surface area contributed by atoms with Crippen molar-refractivity contribution in [2.45, 2.75) is 26.8 Å². The first-order chi connectivity index (χ1) is 10.3. The lowest BCUT2D eigenvalue weighted by Gasteiger charge is -2.22. The van der Waals surface area contributed by atoms with Gasteiger partial charge in [-0.25, -0.2) is 0 Å². The Hall–Kier alpha value is -2.70. The molecule has 7 heteroatoms. The second-order valence-corrected chi connectivity index (χ2v) is 5.13. The summed E-state index contributed by atoms with van der Waals surface area (Å²) in [5.74, 6) is -0.188. The molecule has 1 aromatic heterocycles. The van der Waals surface area contributed by atoms with Crippen molar-refractivity contribution in [1.29, 1.82) is 0 Å². The van der Waals surface area contributed by atoms with E-state index in [-0.39, 0.29) is 11.6 Å². The predicted molar refractivity (Wildman–Crippen MR) is 82.9 cm³/mol. The third kappa shape index (κ3) is 2.69. The fourth-order valence-corrected chi connectivity index (χ4v) is 2.46. The monoisotopic (exact) mass is 302 g/mol. The molecule has 22 heavy (non-hydrogen) atoms. The van der Waals surface area contributed by atoms with E-state index in [0.717, 1.165) is 5.69 Å². The van der Waals surface area contributed by atoms with Crippen molar-refractivity contribution in [2.24, 2.45) is 0 Å². The molecule has 0 N–H and O–H groups in total. The van der Waals surface area contributed by atoms with Crippen LogP contribution in [0.4, 0.5) is 11.4 Å². The fraction of sp³-hybridized carbons (Fsp3) is 0.333. The highest BCUT2D eigenvalue weighted by Gasteiger charge is 2.28. The second-order valence-electron chi connectivity index (χ2n) is 5.13. The minimum Gasteiger partial charge on any atom is -0.314 e. The van der Waals surface area contributed by atoms with E-state index in [1.54, 1.807) is 27.8 Å². The lowest BCUT2D eigenvalue weighted by atomic mass is 10.2. The van der Waals surface area contributed by atoms with E-state index in [1.807, 2.05) is 30.3 Å². The van der Waals surface area contributed by atoms with Gasteiger partial charge in [-0.1, -0.05) is 18.2 Å². The molecular formula is C15H18N4O3. The number of anilines is 1. The van der Waals surface area contributed by atoms with Crippen molar-refractivity contribution in [3.63, 3.8) is 0 Å². The average molecular weight is 302 g/mol. The number of carbonyl (C=O) groups is 1. The Morgan fingerprint density at radius 2 is 1.91 bits per heavy atom. The molecule has 1 amide bonds. The minimum atomic E-state index is -0.627. The van der Waals surface area contributed by atoms with Gasteiger partial charge >= 0.3 is 5.69 Å². The SMILES string of the molecule is Cc1nn([C@H](C)C(=O)N(C)c2ccccc2)c(C)c1[N+](=O)[O-]. The minimum absolute atomic E-state index is 0.0398. The van der Waals surface area contributed by atoms with E-state index in [4.69, 9.17) is 0 Å². The van der Waals surface area contributed by atoms with Crippen LogP contribution < -0.4 is 4.90 Å². The van der Waals surface area contributed by atoms with Crippen molar-refractivity contribution in [3.8, 4) is 0 Å². The van der Waals surface area contributed by atoms with E-state index in [2.05, 4.69) is 5.10 Å². The average Bonchev–Trinajstić information content (AvgIpc) is 2.80. The van der Waals surface area contributed by atoms with Gasteiger partial charge in [-0.2, -0.15) is 5.10 Å². The molecular weight excluding hydrogens is 284 g/mol. The number of benzene rings is 1. The van der Waals surface area contributed by atoms with Crippen molar-refractivity contribution in [3.05, 3.63) is 51.8 Å². The zero-order chi connectivity index (χ0) is 16.4. The number of likely N-dealkylation sites (N-methyl/N-ethyl adjacent to an activating group) is 1. The summed E-state index contributed by atoms with van der Waals surface area (Å²) in [5, 5.41) is 15.2. The van der Waals surface area contributed by atoms with Crippen LogP contribution in [0.25, 0.3) is 0 Å². The Bertz CT molecular complexity index is 709. The fourth-order valence-electron chi connectivity index (χ4n) is 2.46. The maximum atomic E-state index is 12.6. The van der Waals surface area contributed by atoms with Crippen LogP contribution in [0, 0.1) is 24.0 Å². The van der Waals surface area contributed by atoms with Gasteiger partial charge in [0.15, 0.2) is 0 Å². The van der Waals surface area contributed by atoms with Crippen LogP contribution in [0.5, 0.6) is 0 Å². The van der Waals surface area contributed by atoms with Crippen molar-refractivity contribution >= 4 is 17.3 Å². The second kappa shape index (κ2) is 5.97. The first-order valence-corrected chi connectivity index (χ1v) is 6.87. The Kier molecular flexibility index (Phi) is 4.25. The van der Waals surface area contributed by atoms with Gasteiger partial charge in [0.25, 0.3) is 5.91 Å². The number of nitro groups is 1. The summed E-state index contributed by atoms with van der Waals surface area (Å²) in [4.78, 5) is 24.7. The van der Waals surface area contributed by atoms with Gasteiger partial charge in [0.2, 0.25) is 0 Å². The highest BCUT2D eigenvalue weighted by Crippen LogP contribution is 2.26. The van der Waals surface area contributed by atoms with Gasteiger partial charge in [-0.15, -0.1) is 0 Å². The summed E-state index contributed by atoms with van der Waals surface area (Å²) in [6.07, 6.45) is 0. The van der Waals surface area contributed by atoms with Gasteiger partial charge < -0.3 is 4.90 Å². The van der Waals surface area contributed by atoms with Crippen LogP contribution in [-0.4, -0.2) is 27.7 Å². The molecule has 0 saturated heterocycles. The van der Waals surface area contributed by atoms with Crippen LogP contribution >= 0.6 is 0 Å². The van der Waals surface area contributed by atoms with Crippen molar-refractivity contribution < 1.29 is 9.72 Å². The molecule has 1 atom stereocenters. The zero-order valence-corrected chi connectivity index (χ0v) is 13.0. The number of nitrogens with zero attached hydrogens (tertiary/aromatic N) is 4. The predicted octanol–water partition coefficient (Wildman–Crippen LogP) is 2.63. The van der Waals surface area contributed by atoms with Crippen LogP contribution in [-0.2, 0) is 4.79 Å². The lowest BCUT2D eigenvalue weighted by Crippen LogP contribution is -2.33. The number of amides is 1. The summed E-state index contributed by atoms with van der Waals surface area (Å²) < 4.78 is 1.41. The van der Waals surface area contributed by atoms with E-state index >= 15 is 0 Å². The molecule has 0 bridgehead atoms. The summed E-state index contributed by atoms with van der Waals surface area (Å²) in [6, 6.07) is 8.59. The zero-order valence-electron chi connectivity index (χ0n) is 13.0. The molecule has 7 nitrogen and oxygen atoms in total. The Labute approximate surface area is 128 Å². The molecule has 0 saturated carbocycles. The molecule has 0 aliphatic rings. The molecule has 0 spiro atoms. The van der Waals surface area contributed by atoms with E-state index in [0.29, 0.717) is 11.4 Å². The first-order valence-electron chi connectivity index (χ1n) is 6.87. The number of hydrogen-bond acceptors (Lipinski definition) is 4. The van der Waals surface area contributed by atoms with Crippen molar-refractivity contribution in [1.82, 2.24) is 9.78 Å². The molecule has 1 aromatic carbocycles. The summed E-state index contributed by atoms with van der Waals surface area (Å²) >= 11 is 0. The molecule has 2 aromatic rings. The van der Waals surface area contributed by atoms with Crippen LogP contribution in [0.1, 0.15) is 24.4 Å². The lowest BCUT2D eigenvalue weighted by molar-refractivity contribution is -0.386.